The predicted molar refractivity (Wildman–Crippen MR) is 102 cm³/mol. The van der Waals surface area contributed by atoms with Crippen molar-refractivity contribution in [1.82, 2.24) is 10.9 Å². The first-order chi connectivity index (χ1) is 13.1. The number of hydrogen-bond acceptors (Lipinski definition) is 2. The van der Waals surface area contributed by atoms with Gasteiger partial charge in [0.15, 0.2) is 0 Å². The van der Waals surface area contributed by atoms with Crippen molar-refractivity contribution in [2.45, 2.75) is 12.8 Å². The number of nitrogens with one attached hydrogen (secondary N) is 2. The summed E-state index contributed by atoms with van der Waals surface area (Å²) in [5, 5.41) is 0. The summed E-state index contributed by atoms with van der Waals surface area (Å²) in [7, 11) is 0. The van der Waals surface area contributed by atoms with Crippen LogP contribution in [0.3, 0.4) is 0 Å². The summed E-state index contributed by atoms with van der Waals surface area (Å²) in [6.45, 7) is 0. The molecular formula is C22H19FN2O2. The van der Waals surface area contributed by atoms with Gasteiger partial charge in [0.2, 0.25) is 0 Å². The zero-order chi connectivity index (χ0) is 19.1. The fourth-order valence-corrected chi connectivity index (χ4v) is 2.78. The van der Waals surface area contributed by atoms with Crippen LogP contribution in [0.2, 0.25) is 0 Å². The van der Waals surface area contributed by atoms with Gasteiger partial charge in [-0.3, -0.25) is 20.4 Å². The van der Waals surface area contributed by atoms with E-state index < -0.39 is 17.6 Å². The highest BCUT2D eigenvalue weighted by Gasteiger charge is 2.14. The SMILES string of the molecule is O=C(NNC(=O)c1ccccc1CCc1ccccc1)c1ccccc1F. The van der Waals surface area contributed by atoms with Crippen LogP contribution >= 0.6 is 0 Å². The number of hydrogen-bond donors (Lipinski definition) is 2. The fourth-order valence-electron chi connectivity index (χ4n) is 2.78. The Kier molecular flexibility index (Phi) is 5.94. The Bertz CT molecular complexity index is 942. The van der Waals surface area contributed by atoms with E-state index in [0.717, 1.165) is 12.0 Å². The van der Waals surface area contributed by atoms with Gasteiger partial charge in [0, 0.05) is 5.56 Å². The smallest absolute Gasteiger partial charge is 0.267 e. The maximum Gasteiger partial charge on any atom is 0.272 e. The van der Waals surface area contributed by atoms with E-state index in [1.165, 1.54) is 23.8 Å². The van der Waals surface area contributed by atoms with Crippen LogP contribution in [0.15, 0.2) is 78.9 Å². The largest absolute Gasteiger partial charge is 0.272 e. The van der Waals surface area contributed by atoms with Crippen LogP contribution in [0.5, 0.6) is 0 Å². The van der Waals surface area contributed by atoms with Crippen molar-refractivity contribution in [3.8, 4) is 0 Å². The van der Waals surface area contributed by atoms with Gasteiger partial charge in [-0.05, 0) is 42.2 Å². The zero-order valence-corrected chi connectivity index (χ0v) is 14.6. The molecule has 0 radical (unpaired) electrons. The van der Waals surface area contributed by atoms with E-state index in [4.69, 9.17) is 0 Å². The van der Waals surface area contributed by atoms with Gasteiger partial charge in [0.05, 0.1) is 5.56 Å². The standard InChI is InChI=1S/C22H19FN2O2/c23-20-13-7-6-12-19(20)22(27)25-24-21(26)18-11-5-4-10-17(18)15-14-16-8-2-1-3-9-16/h1-13H,14-15H2,(H,24,26)(H,25,27). The molecule has 136 valence electrons. The Labute approximate surface area is 157 Å². The minimum absolute atomic E-state index is 0.129. The molecule has 3 rings (SSSR count). The van der Waals surface area contributed by atoms with Crippen LogP contribution in [-0.2, 0) is 12.8 Å². The summed E-state index contributed by atoms with van der Waals surface area (Å²) >= 11 is 0. The molecular weight excluding hydrogens is 343 g/mol. The van der Waals surface area contributed by atoms with E-state index in [0.29, 0.717) is 12.0 Å². The van der Waals surface area contributed by atoms with Crippen LogP contribution in [0.4, 0.5) is 4.39 Å². The molecule has 0 spiro atoms. The molecule has 0 aliphatic rings. The van der Waals surface area contributed by atoms with Crippen molar-refractivity contribution >= 4 is 11.8 Å². The highest BCUT2D eigenvalue weighted by atomic mass is 19.1. The molecule has 0 fully saturated rings. The van der Waals surface area contributed by atoms with Crippen molar-refractivity contribution in [3.05, 3.63) is 107 Å². The molecule has 0 saturated carbocycles. The number of hydrazine groups is 1. The highest BCUT2D eigenvalue weighted by Crippen LogP contribution is 2.13. The molecule has 3 aromatic rings. The first kappa shape index (κ1) is 18.3. The monoisotopic (exact) mass is 362 g/mol. The lowest BCUT2D eigenvalue weighted by Gasteiger charge is -2.11. The van der Waals surface area contributed by atoms with E-state index in [9.17, 15) is 14.0 Å². The third-order valence-electron chi connectivity index (χ3n) is 4.20. The number of carbonyl (C=O) groups excluding carboxylic acids is 2. The van der Waals surface area contributed by atoms with E-state index >= 15 is 0 Å². The van der Waals surface area contributed by atoms with E-state index in [1.54, 1.807) is 18.2 Å². The van der Waals surface area contributed by atoms with E-state index in [1.807, 2.05) is 42.5 Å². The van der Waals surface area contributed by atoms with Crippen LogP contribution in [0.1, 0.15) is 31.8 Å². The van der Waals surface area contributed by atoms with Gasteiger partial charge in [0.1, 0.15) is 5.82 Å². The molecule has 5 heteroatoms. The van der Waals surface area contributed by atoms with Crippen LogP contribution in [0.25, 0.3) is 0 Å². The van der Waals surface area contributed by atoms with Gasteiger partial charge in [-0.15, -0.1) is 0 Å². The second kappa shape index (κ2) is 8.76. The zero-order valence-electron chi connectivity index (χ0n) is 14.6. The molecule has 0 saturated heterocycles. The lowest BCUT2D eigenvalue weighted by molar-refractivity contribution is 0.0843. The molecule has 0 aliphatic carbocycles. The van der Waals surface area contributed by atoms with Gasteiger partial charge < -0.3 is 0 Å². The van der Waals surface area contributed by atoms with Gasteiger partial charge >= 0.3 is 0 Å². The molecule has 0 aliphatic heterocycles. The summed E-state index contributed by atoms with van der Waals surface area (Å²) in [4.78, 5) is 24.5. The first-order valence-corrected chi connectivity index (χ1v) is 8.62. The minimum Gasteiger partial charge on any atom is -0.267 e. The first-order valence-electron chi connectivity index (χ1n) is 8.62. The lowest BCUT2D eigenvalue weighted by atomic mass is 9.99. The van der Waals surface area contributed by atoms with Crippen molar-refractivity contribution in [2.75, 3.05) is 0 Å². The van der Waals surface area contributed by atoms with Crippen molar-refractivity contribution < 1.29 is 14.0 Å². The molecule has 27 heavy (non-hydrogen) atoms. The molecule has 2 N–H and O–H groups in total. The second-order valence-corrected chi connectivity index (χ2v) is 6.03. The van der Waals surface area contributed by atoms with Crippen LogP contribution < -0.4 is 10.9 Å². The van der Waals surface area contributed by atoms with Gasteiger partial charge in [-0.25, -0.2) is 4.39 Å². The summed E-state index contributed by atoms with van der Waals surface area (Å²) in [5.74, 6) is -1.79. The van der Waals surface area contributed by atoms with Gasteiger partial charge in [-0.2, -0.15) is 0 Å². The Morgan fingerprint density at radius 2 is 1.22 bits per heavy atom. The normalized spacial score (nSPS) is 10.3. The molecule has 4 nitrogen and oxygen atoms in total. The van der Waals surface area contributed by atoms with Crippen LogP contribution in [0, 0.1) is 5.82 Å². The molecule has 0 bridgehead atoms. The summed E-state index contributed by atoms with van der Waals surface area (Å²) in [6.07, 6.45) is 1.49. The Hall–Kier alpha value is -3.47. The maximum absolute atomic E-state index is 13.6. The van der Waals surface area contributed by atoms with Crippen molar-refractivity contribution in [3.63, 3.8) is 0 Å². The minimum atomic E-state index is -0.705. The Balaban J connectivity index is 1.65. The third-order valence-corrected chi connectivity index (χ3v) is 4.20. The van der Waals surface area contributed by atoms with Crippen molar-refractivity contribution in [2.24, 2.45) is 0 Å². The lowest BCUT2D eigenvalue weighted by Crippen LogP contribution is -2.42. The maximum atomic E-state index is 13.6. The number of aryl methyl sites for hydroxylation is 2. The summed E-state index contributed by atoms with van der Waals surface area (Å²) < 4.78 is 13.6. The van der Waals surface area contributed by atoms with Crippen molar-refractivity contribution in [1.29, 1.82) is 0 Å². The van der Waals surface area contributed by atoms with Gasteiger partial charge in [-0.1, -0.05) is 60.7 Å². The Morgan fingerprint density at radius 1 is 0.667 bits per heavy atom. The molecule has 0 heterocycles. The topological polar surface area (TPSA) is 58.2 Å². The number of benzene rings is 3. The average molecular weight is 362 g/mol. The molecule has 0 atom stereocenters. The predicted octanol–water partition coefficient (Wildman–Crippen LogP) is 3.69. The van der Waals surface area contributed by atoms with E-state index in [-0.39, 0.29) is 5.56 Å². The van der Waals surface area contributed by atoms with Crippen LogP contribution in [-0.4, -0.2) is 11.8 Å². The molecule has 2 amide bonds. The quantitative estimate of drug-likeness (QED) is 0.680. The number of rotatable bonds is 5. The Morgan fingerprint density at radius 3 is 1.93 bits per heavy atom. The summed E-state index contributed by atoms with van der Waals surface area (Å²) in [5.41, 5.74) is 7.02. The average Bonchev–Trinajstić information content (AvgIpc) is 2.71. The fraction of sp³-hybridized carbons (Fsp3) is 0.0909. The number of carbonyl (C=O) groups is 2. The number of halogens is 1. The highest BCUT2D eigenvalue weighted by molar-refractivity contribution is 5.99. The second-order valence-electron chi connectivity index (χ2n) is 6.03. The summed E-state index contributed by atoms with van der Waals surface area (Å²) in [6, 6.07) is 22.8. The number of amides is 2. The molecule has 0 aromatic heterocycles. The van der Waals surface area contributed by atoms with Gasteiger partial charge in [0.25, 0.3) is 11.8 Å². The third kappa shape index (κ3) is 4.79. The molecule has 3 aromatic carbocycles. The van der Waals surface area contributed by atoms with E-state index in [2.05, 4.69) is 10.9 Å². The molecule has 0 unspecified atom stereocenters.